The molecule has 0 radical (unpaired) electrons. The fraction of sp³-hybridized carbons (Fsp3) is 0.360. The molecule has 1 aromatic heterocycles. The molecule has 0 saturated carbocycles. The molecule has 1 fully saturated rings. The molecule has 1 amide bonds. The highest BCUT2D eigenvalue weighted by Gasteiger charge is 2.28. The van der Waals surface area contributed by atoms with Crippen LogP contribution in [0.5, 0.6) is 11.5 Å². The highest BCUT2D eigenvalue weighted by atomic mass is 16.5. The molecule has 0 aliphatic carbocycles. The van der Waals surface area contributed by atoms with Crippen LogP contribution in [0, 0.1) is 13.8 Å². The molecular weight excluding hydrogens is 406 g/mol. The first-order valence-corrected chi connectivity index (χ1v) is 10.8. The van der Waals surface area contributed by atoms with Crippen LogP contribution in [-0.4, -0.2) is 54.2 Å². The number of carbonyl (C=O) groups excluding carboxylic acids is 1. The number of piperazine rings is 1. The number of aryl methyl sites for hydroxylation is 2. The number of aromatic nitrogens is 1. The standard InChI is InChI=1S/C25H29N3O4/c1-18-6-4-5-7-20(18)16-27-12-14-28(15-13-27)25(29)24-23(19(2)32-26-24)17-31-22-10-8-21(30-3)9-11-22/h4-11H,12-17H2,1-3H3. The number of rotatable bonds is 7. The van der Waals surface area contributed by atoms with E-state index in [9.17, 15) is 4.79 Å². The maximum absolute atomic E-state index is 13.2. The van der Waals surface area contributed by atoms with Crippen molar-refractivity contribution in [3.63, 3.8) is 0 Å². The van der Waals surface area contributed by atoms with Gasteiger partial charge < -0.3 is 18.9 Å². The van der Waals surface area contributed by atoms with Crippen molar-refractivity contribution < 1.29 is 18.8 Å². The van der Waals surface area contributed by atoms with E-state index in [0.717, 1.165) is 25.4 Å². The lowest BCUT2D eigenvalue weighted by Crippen LogP contribution is -2.48. The summed E-state index contributed by atoms with van der Waals surface area (Å²) in [6.45, 7) is 8.04. The number of hydrogen-bond acceptors (Lipinski definition) is 6. The summed E-state index contributed by atoms with van der Waals surface area (Å²) in [5.41, 5.74) is 3.65. The van der Waals surface area contributed by atoms with Gasteiger partial charge in [0.05, 0.1) is 12.7 Å². The third-order valence-electron chi connectivity index (χ3n) is 5.94. The second-order valence-corrected chi connectivity index (χ2v) is 8.02. The maximum Gasteiger partial charge on any atom is 0.276 e. The Kier molecular flexibility index (Phi) is 6.75. The van der Waals surface area contributed by atoms with Gasteiger partial charge in [0, 0.05) is 32.7 Å². The number of benzene rings is 2. The van der Waals surface area contributed by atoms with Gasteiger partial charge in [-0.05, 0) is 49.2 Å². The van der Waals surface area contributed by atoms with Crippen LogP contribution in [0.15, 0.2) is 53.1 Å². The topological polar surface area (TPSA) is 68.0 Å². The number of methoxy groups -OCH3 is 1. The first-order valence-electron chi connectivity index (χ1n) is 10.8. The van der Waals surface area contributed by atoms with E-state index in [1.165, 1.54) is 11.1 Å². The fourth-order valence-corrected chi connectivity index (χ4v) is 3.84. The molecule has 2 heterocycles. The zero-order valence-electron chi connectivity index (χ0n) is 18.8. The molecule has 2 aromatic carbocycles. The highest BCUT2D eigenvalue weighted by Crippen LogP contribution is 2.22. The lowest BCUT2D eigenvalue weighted by molar-refractivity contribution is 0.0616. The van der Waals surface area contributed by atoms with Crippen LogP contribution < -0.4 is 9.47 Å². The van der Waals surface area contributed by atoms with Gasteiger partial charge in [0.25, 0.3) is 5.91 Å². The van der Waals surface area contributed by atoms with Crippen LogP contribution in [0.1, 0.15) is 32.9 Å². The van der Waals surface area contributed by atoms with Crippen molar-refractivity contribution in [3.8, 4) is 11.5 Å². The molecule has 7 heteroatoms. The average molecular weight is 436 g/mol. The third kappa shape index (κ3) is 4.94. The van der Waals surface area contributed by atoms with Gasteiger partial charge in [-0.1, -0.05) is 29.4 Å². The van der Waals surface area contributed by atoms with Gasteiger partial charge in [-0.2, -0.15) is 0 Å². The van der Waals surface area contributed by atoms with Crippen molar-refractivity contribution in [1.29, 1.82) is 0 Å². The lowest BCUT2D eigenvalue weighted by Gasteiger charge is -2.34. The molecule has 3 aromatic rings. The number of ether oxygens (including phenoxy) is 2. The Morgan fingerprint density at radius 3 is 2.38 bits per heavy atom. The molecule has 4 rings (SSSR count). The van der Waals surface area contributed by atoms with Crippen LogP contribution in [0.4, 0.5) is 0 Å². The van der Waals surface area contributed by atoms with E-state index in [1.807, 2.05) is 29.2 Å². The van der Waals surface area contributed by atoms with Gasteiger partial charge in [0.1, 0.15) is 23.9 Å². The Hall–Kier alpha value is -3.32. The second kappa shape index (κ2) is 9.87. The lowest BCUT2D eigenvalue weighted by atomic mass is 10.1. The Balaban J connectivity index is 1.36. The second-order valence-electron chi connectivity index (χ2n) is 8.02. The summed E-state index contributed by atoms with van der Waals surface area (Å²) in [6, 6.07) is 15.8. The minimum absolute atomic E-state index is 0.106. The monoisotopic (exact) mass is 435 g/mol. The largest absolute Gasteiger partial charge is 0.497 e. The van der Waals surface area contributed by atoms with Crippen molar-refractivity contribution in [2.45, 2.75) is 27.0 Å². The van der Waals surface area contributed by atoms with Crippen LogP contribution >= 0.6 is 0 Å². The van der Waals surface area contributed by atoms with Crippen molar-refractivity contribution in [3.05, 3.63) is 76.7 Å². The molecule has 1 aliphatic rings. The SMILES string of the molecule is COc1ccc(OCc2c(C(=O)N3CCN(Cc4ccccc4C)CC3)noc2C)cc1. The van der Waals surface area contributed by atoms with Crippen LogP contribution in [0.2, 0.25) is 0 Å². The summed E-state index contributed by atoms with van der Waals surface area (Å²) in [5.74, 6) is 1.94. The smallest absolute Gasteiger partial charge is 0.276 e. The molecule has 1 aliphatic heterocycles. The molecule has 0 spiro atoms. The van der Waals surface area contributed by atoms with Gasteiger partial charge in [-0.25, -0.2) is 0 Å². The third-order valence-corrected chi connectivity index (χ3v) is 5.94. The fourth-order valence-electron chi connectivity index (χ4n) is 3.84. The van der Waals surface area contributed by atoms with E-state index in [2.05, 4.69) is 41.2 Å². The Labute approximate surface area is 188 Å². The molecule has 0 bridgehead atoms. The molecule has 1 saturated heterocycles. The van der Waals surface area contributed by atoms with Gasteiger partial charge >= 0.3 is 0 Å². The summed E-state index contributed by atoms with van der Waals surface area (Å²) in [7, 11) is 1.62. The predicted molar refractivity (Wildman–Crippen MR) is 121 cm³/mol. The Morgan fingerprint density at radius 2 is 1.69 bits per heavy atom. The van der Waals surface area contributed by atoms with E-state index < -0.39 is 0 Å². The minimum atomic E-state index is -0.106. The molecular formula is C25H29N3O4. The molecule has 7 nitrogen and oxygen atoms in total. The van der Waals surface area contributed by atoms with Crippen molar-refractivity contribution in [2.24, 2.45) is 0 Å². The number of carbonyl (C=O) groups is 1. The van der Waals surface area contributed by atoms with Crippen LogP contribution in [-0.2, 0) is 13.2 Å². The number of amides is 1. The first-order chi connectivity index (χ1) is 15.5. The number of nitrogens with zero attached hydrogens (tertiary/aromatic N) is 3. The van der Waals surface area contributed by atoms with Crippen molar-refractivity contribution in [1.82, 2.24) is 15.0 Å². The van der Waals surface area contributed by atoms with Gasteiger partial charge in [0.15, 0.2) is 5.69 Å². The maximum atomic E-state index is 13.2. The average Bonchev–Trinajstić information content (AvgIpc) is 3.19. The van der Waals surface area contributed by atoms with Gasteiger partial charge in [-0.3, -0.25) is 9.69 Å². The van der Waals surface area contributed by atoms with Gasteiger partial charge in [0.2, 0.25) is 0 Å². The van der Waals surface area contributed by atoms with E-state index >= 15 is 0 Å². The number of hydrogen-bond donors (Lipinski definition) is 0. The minimum Gasteiger partial charge on any atom is -0.497 e. The van der Waals surface area contributed by atoms with E-state index in [1.54, 1.807) is 14.0 Å². The molecule has 0 N–H and O–H groups in total. The molecule has 0 atom stereocenters. The summed E-state index contributed by atoms with van der Waals surface area (Å²) in [5, 5.41) is 4.05. The molecule has 32 heavy (non-hydrogen) atoms. The highest BCUT2D eigenvalue weighted by molar-refractivity contribution is 5.93. The molecule has 168 valence electrons. The zero-order valence-corrected chi connectivity index (χ0v) is 18.8. The van der Waals surface area contributed by atoms with E-state index in [-0.39, 0.29) is 12.5 Å². The predicted octanol–water partition coefficient (Wildman–Crippen LogP) is 3.84. The summed E-state index contributed by atoms with van der Waals surface area (Å²) in [6.07, 6.45) is 0. The van der Waals surface area contributed by atoms with E-state index in [0.29, 0.717) is 35.9 Å². The summed E-state index contributed by atoms with van der Waals surface area (Å²) in [4.78, 5) is 17.4. The quantitative estimate of drug-likeness (QED) is 0.562. The van der Waals surface area contributed by atoms with Crippen molar-refractivity contribution >= 4 is 5.91 Å². The Bertz CT molecular complexity index is 1050. The summed E-state index contributed by atoms with van der Waals surface area (Å²) >= 11 is 0. The summed E-state index contributed by atoms with van der Waals surface area (Å²) < 4.78 is 16.4. The molecule has 0 unspecified atom stereocenters. The normalized spacial score (nSPS) is 14.4. The Morgan fingerprint density at radius 1 is 1.00 bits per heavy atom. The van der Waals surface area contributed by atoms with E-state index in [4.69, 9.17) is 14.0 Å². The van der Waals surface area contributed by atoms with Crippen molar-refractivity contribution in [2.75, 3.05) is 33.3 Å². The van der Waals surface area contributed by atoms with Gasteiger partial charge in [-0.15, -0.1) is 0 Å². The van der Waals surface area contributed by atoms with Crippen LogP contribution in [0.3, 0.4) is 0 Å². The van der Waals surface area contributed by atoms with Crippen LogP contribution in [0.25, 0.3) is 0 Å². The first kappa shape index (κ1) is 21.9. The zero-order chi connectivity index (χ0) is 22.5.